The van der Waals surface area contributed by atoms with Crippen LogP contribution in [0.15, 0.2) is 0 Å². The van der Waals surface area contributed by atoms with Crippen molar-refractivity contribution in [2.45, 2.75) is 26.7 Å². The Morgan fingerprint density at radius 2 is 1.14 bits per heavy atom. The molecule has 0 aromatic rings. The zero-order chi connectivity index (χ0) is 11.1. The lowest BCUT2D eigenvalue weighted by molar-refractivity contribution is 0.390. The molecule has 3 nitrogen and oxygen atoms in total. The summed E-state index contributed by atoms with van der Waals surface area (Å²) in [5, 5.41) is 0. The van der Waals surface area contributed by atoms with Crippen LogP contribution in [0.4, 0.5) is 0 Å². The maximum absolute atomic E-state index is 2.59. The van der Waals surface area contributed by atoms with Crippen molar-refractivity contribution < 1.29 is 0 Å². The molecule has 0 aromatic carbocycles. The van der Waals surface area contributed by atoms with E-state index < -0.39 is 0 Å². The molecule has 0 amide bonds. The molecule has 0 spiro atoms. The topological polar surface area (TPSA) is 9.72 Å². The van der Waals surface area contributed by atoms with Crippen molar-refractivity contribution in [3.05, 3.63) is 0 Å². The van der Waals surface area contributed by atoms with Gasteiger partial charge in [0, 0.05) is 13.1 Å². The Morgan fingerprint density at radius 1 is 0.786 bits per heavy atom. The molecule has 0 heterocycles. The van der Waals surface area contributed by atoms with Crippen molar-refractivity contribution >= 4 is 8.37 Å². The second kappa shape index (κ2) is 7.58. The predicted octanol–water partition coefficient (Wildman–Crippen LogP) is 2.46. The first-order valence-electron chi connectivity index (χ1n) is 5.44. The lowest BCUT2D eigenvalue weighted by Gasteiger charge is -2.38. The standard InChI is InChI=1S/C10H26N3P/c1-7-9-13(10-8-2)14(11(3)4)12(5)6/h7-10H2,1-6H3. The minimum absolute atomic E-state index is 0.254. The van der Waals surface area contributed by atoms with Gasteiger partial charge in [-0.15, -0.1) is 0 Å². The van der Waals surface area contributed by atoms with Gasteiger partial charge in [-0.3, -0.25) is 14.0 Å². The molecule has 0 unspecified atom stereocenters. The Hall–Kier alpha value is 0.310. The summed E-state index contributed by atoms with van der Waals surface area (Å²) >= 11 is 0. The molecule has 86 valence electrons. The van der Waals surface area contributed by atoms with Gasteiger partial charge in [0.2, 0.25) is 0 Å². The van der Waals surface area contributed by atoms with E-state index in [0.717, 1.165) is 0 Å². The monoisotopic (exact) mass is 219 g/mol. The number of rotatable bonds is 7. The second-order valence-corrected chi connectivity index (χ2v) is 6.62. The van der Waals surface area contributed by atoms with Crippen LogP contribution in [0.25, 0.3) is 0 Å². The molecule has 0 aromatic heterocycles. The fraction of sp³-hybridized carbons (Fsp3) is 1.00. The van der Waals surface area contributed by atoms with Crippen LogP contribution in [0, 0.1) is 0 Å². The molecule has 0 N–H and O–H groups in total. The largest absolute Gasteiger partial charge is 0.264 e. The highest BCUT2D eigenvalue weighted by atomic mass is 31.2. The highest BCUT2D eigenvalue weighted by molar-refractivity contribution is 7.49. The fourth-order valence-electron chi connectivity index (χ4n) is 1.67. The molecule has 0 bridgehead atoms. The lowest BCUT2D eigenvalue weighted by atomic mass is 10.4. The van der Waals surface area contributed by atoms with Crippen LogP contribution >= 0.6 is 8.37 Å². The van der Waals surface area contributed by atoms with Crippen molar-refractivity contribution in [2.75, 3.05) is 41.3 Å². The molecule has 0 fully saturated rings. The third-order valence-electron chi connectivity index (χ3n) is 1.93. The van der Waals surface area contributed by atoms with Crippen LogP contribution in [0.1, 0.15) is 26.7 Å². The molecule has 0 aliphatic heterocycles. The minimum Gasteiger partial charge on any atom is -0.264 e. The Balaban J connectivity index is 4.37. The third kappa shape index (κ3) is 4.70. The van der Waals surface area contributed by atoms with Crippen LogP contribution < -0.4 is 0 Å². The van der Waals surface area contributed by atoms with Gasteiger partial charge < -0.3 is 0 Å². The normalized spacial score (nSPS) is 12.4. The van der Waals surface area contributed by atoms with E-state index in [4.69, 9.17) is 0 Å². The van der Waals surface area contributed by atoms with Crippen LogP contribution in [0.2, 0.25) is 0 Å². The van der Waals surface area contributed by atoms with Crippen LogP contribution in [-0.2, 0) is 0 Å². The average molecular weight is 219 g/mol. The Morgan fingerprint density at radius 3 is 1.36 bits per heavy atom. The maximum atomic E-state index is 2.59. The molecule has 0 rings (SSSR count). The third-order valence-corrected chi connectivity index (χ3v) is 4.27. The van der Waals surface area contributed by atoms with E-state index in [2.05, 4.69) is 56.0 Å². The van der Waals surface area contributed by atoms with E-state index in [1.54, 1.807) is 0 Å². The molecule has 0 radical (unpaired) electrons. The van der Waals surface area contributed by atoms with Gasteiger partial charge in [-0.2, -0.15) is 0 Å². The summed E-state index contributed by atoms with van der Waals surface area (Å²) in [7, 11) is 8.43. The minimum atomic E-state index is -0.254. The van der Waals surface area contributed by atoms with E-state index in [9.17, 15) is 0 Å². The van der Waals surface area contributed by atoms with Gasteiger partial charge in [-0.05, 0) is 41.0 Å². The first-order chi connectivity index (χ1) is 6.54. The summed E-state index contributed by atoms with van der Waals surface area (Å²) in [5.74, 6) is 0. The molecule has 0 saturated heterocycles. The average Bonchev–Trinajstić information content (AvgIpc) is 2.03. The van der Waals surface area contributed by atoms with Crippen molar-refractivity contribution in [3.63, 3.8) is 0 Å². The molecular formula is C10H26N3P. The quantitative estimate of drug-likeness (QED) is 0.609. The van der Waals surface area contributed by atoms with E-state index >= 15 is 0 Å². The molecule has 0 saturated carbocycles. The van der Waals surface area contributed by atoms with Crippen molar-refractivity contribution in [2.24, 2.45) is 0 Å². The zero-order valence-electron chi connectivity index (χ0n) is 10.6. The van der Waals surface area contributed by atoms with Gasteiger partial charge in [-0.25, -0.2) is 0 Å². The maximum Gasteiger partial charge on any atom is 0.119 e. The second-order valence-electron chi connectivity index (χ2n) is 3.92. The van der Waals surface area contributed by atoms with E-state index in [1.807, 2.05) is 0 Å². The highest BCUT2D eigenvalue weighted by Crippen LogP contribution is 2.43. The van der Waals surface area contributed by atoms with E-state index in [0.29, 0.717) is 0 Å². The van der Waals surface area contributed by atoms with Crippen LogP contribution in [-0.4, -0.2) is 55.3 Å². The Bertz CT molecular complexity index is 125. The molecule has 0 aliphatic rings. The van der Waals surface area contributed by atoms with Gasteiger partial charge in [0.1, 0.15) is 8.37 Å². The smallest absolute Gasteiger partial charge is 0.119 e. The summed E-state index contributed by atoms with van der Waals surface area (Å²) in [6.07, 6.45) is 2.47. The number of hydrogen-bond donors (Lipinski definition) is 0. The van der Waals surface area contributed by atoms with E-state index in [-0.39, 0.29) is 8.37 Å². The van der Waals surface area contributed by atoms with Crippen molar-refractivity contribution in [1.29, 1.82) is 0 Å². The lowest BCUT2D eigenvalue weighted by Crippen LogP contribution is -2.32. The summed E-state index contributed by atoms with van der Waals surface area (Å²) in [6, 6.07) is 0. The zero-order valence-corrected chi connectivity index (χ0v) is 11.5. The first kappa shape index (κ1) is 14.3. The SMILES string of the molecule is CCCN(CCC)P(N(C)C)N(C)C. The van der Waals surface area contributed by atoms with Gasteiger partial charge in [0.25, 0.3) is 0 Å². The molecular weight excluding hydrogens is 193 g/mol. The van der Waals surface area contributed by atoms with Crippen molar-refractivity contribution in [1.82, 2.24) is 14.0 Å². The molecule has 14 heavy (non-hydrogen) atoms. The first-order valence-corrected chi connectivity index (χ1v) is 6.64. The van der Waals surface area contributed by atoms with Gasteiger partial charge >= 0.3 is 0 Å². The van der Waals surface area contributed by atoms with E-state index in [1.165, 1.54) is 25.9 Å². The van der Waals surface area contributed by atoms with Crippen LogP contribution in [0.3, 0.4) is 0 Å². The number of hydrogen-bond acceptors (Lipinski definition) is 3. The molecule has 0 atom stereocenters. The van der Waals surface area contributed by atoms with Crippen molar-refractivity contribution in [3.8, 4) is 0 Å². The van der Waals surface area contributed by atoms with Crippen LogP contribution in [0.5, 0.6) is 0 Å². The predicted molar refractivity (Wildman–Crippen MR) is 66.4 cm³/mol. The summed E-state index contributed by atoms with van der Waals surface area (Å²) in [5.41, 5.74) is 0. The molecule has 0 aliphatic carbocycles. The Labute approximate surface area is 91.0 Å². The summed E-state index contributed by atoms with van der Waals surface area (Å²) in [4.78, 5) is 0. The van der Waals surface area contributed by atoms with Gasteiger partial charge in [0.05, 0.1) is 0 Å². The fourth-order valence-corrected chi connectivity index (χ4v) is 4.16. The summed E-state index contributed by atoms with van der Waals surface area (Å²) in [6.45, 7) is 6.91. The van der Waals surface area contributed by atoms with Gasteiger partial charge in [0.15, 0.2) is 0 Å². The number of nitrogens with zero attached hydrogens (tertiary/aromatic N) is 3. The summed E-state index contributed by atoms with van der Waals surface area (Å²) < 4.78 is 7.26. The molecule has 4 heteroatoms. The van der Waals surface area contributed by atoms with Gasteiger partial charge in [-0.1, -0.05) is 13.8 Å². The Kier molecular flexibility index (Phi) is 7.75. The highest BCUT2D eigenvalue weighted by Gasteiger charge is 2.21.